The van der Waals surface area contributed by atoms with E-state index in [-0.39, 0.29) is 44.9 Å². The number of aliphatic carboxylic acids is 1. The van der Waals surface area contributed by atoms with E-state index in [9.17, 15) is 19.2 Å². The van der Waals surface area contributed by atoms with Crippen molar-refractivity contribution < 1.29 is 143 Å². The van der Waals surface area contributed by atoms with Gasteiger partial charge in [0, 0.05) is 24.9 Å². The first-order valence-electron chi connectivity index (χ1n) is 41.6. The molecule has 3 N–H and O–H groups in total. The van der Waals surface area contributed by atoms with Gasteiger partial charge in [-0.3, -0.25) is 0 Å². The van der Waals surface area contributed by atoms with Crippen molar-refractivity contribution in [1.82, 2.24) is 10.6 Å². The van der Waals surface area contributed by atoms with E-state index in [4.69, 9.17) is 124 Å². The maximum atomic E-state index is 12.3. The number of benzene rings is 6. The number of hydrogen-bond acceptors (Lipinski definition) is 29. The van der Waals surface area contributed by atoms with Crippen molar-refractivity contribution in [3.05, 3.63) is 168 Å². The number of hydrogen-bond donors (Lipinski definition) is 3. The number of ether oxygens (including phenoxy) is 25. The molecule has 0 aromatic heterocycles. The van der Waals surface area contributed by atoms with Gasteiger partial charge >= 0.3 is 24.1 Å². The Morgan fingerprint density at radius 1 is 0.270 bits per heavy atom. The first kappa shape index (κ1) is 100. The van der Waals surface area contributed by atoms with Gasteiger partial charge in [-0.2, -0.15) is 0 Å². The monoisotopic (exact) mass is 1710 g/mol. The molecule has 0 radical (unpaired) electrons. The minimum absolute atomic E-state index is 0.0284. The van der Waals surface area contributed by atoms with Crippen LogP contribution in [0.5, 0.6) is 23.0 Å². The number of rotatable bonds is 72. The van der Waals surface area contributed by atoms with Gasteiger partial charge in [0.2, 0.25) is 0 Å². The summed E-state index contributed by atoms with van der Waals surface area (Å²) in [4.78, 5) is 46.4. The second kappa shape index (κ2) is 65.0. The van der Waals surface area contributed by atoms with Crippen molar-refractivity contribution in [3.8, 4) is 45.3 Å². The summed E-state index contributed by atoms with van der Waals surface area (Å²) < 4.78 is 137. The Kier molecular flexibility index (Phi) is 53.5. The quantitative estimate of drug-likeness (QED) is 0.0182. The maximum absolute atomic E-state index is 12.3. The molecule has 8 rings (SSSR count). The lowest BCUT2D eigenvalue weighted by Crippen LogP contribution is -2.29. The van der Waals surface area contributed by atoms with Gasteiger partial charge in [0.15, 0.2) is 0 Å². The average molecular weight is 1720 g/mol. The van der Waals surface area contributed by atoms with Crippen LogP contribution < -0.4 is 29.6 Å². The van der Waals surface area contributed by atoms with Crippen molar-refractivity contribution in [2.24, 2.45) is 0 Å². The lowest BCUT2D eigenvalue weighted by Gasteiger charge is -2.19. The molecule has 0 saturated carbocycles. The van der Waals surface area contributed by atoms with Gasteiger partial charge in [0.25, 0.3) is 0 Å². The van der Waals surface area contributed by atoms with Crippen LogP contribution in [0.25, 0.3) is 22.3 Å². The number of fused-ring (bicyclic) bond motifs is 6. The van der Waals surface area contributed by atoms with E-state index < -0.39 is 29.7 Å². The van der Waals surface area contributed by atoms with Gasteiger partial charge in [0.05, 0.1) is 225 Å². The van der Waals surface area contributed by atoms with Crippen molar-refractivity contribution in [2.45, 2.75) is 38.2 Å². The molecule has 6 aromatic carbocycles. The summed E-state index contributed by atoms with van der Waals surface area (Å²) in [5, 5.41) is 13.9. The Morgan fingerprint density at radius 3 is 0.705 bits per heavy atom. The fourth-order valence-corrected chi connectivity index (χ4v) is 11.9. The smallest absolute Gasteiger partial charge is 0.407 e. The number of alkyl carbamates (subject to hydrolysis) is 2. The lowest BCUT2D eigenvalue weighted by atomic mass is 9.98. The van der Waals surface area contributed by atoms with Crippen LogP contribution in [0.4, 0.5) is 9.59 Å². The Labute approximate surface area is 716 Å². The first-order chi connectivity index (χ1) is 59.9. The zero-order valence-electron chi connectivity index (χ0n) is 70.9. The molecular weight excluding hydrogens is 1590 g/mol. The topological polar surface area (TPSA) is 343 Å². The molecule has 32 heteroatoms. The summed E-state index contributed by atoms with van der Waals surface area (Å²) in [7, 11) is 0. The van der Waals surface area contributed by atoms with Crippen LogP contribution in [0.3, 0.4) is 0 Å². The van der Waals surface area contributed by atoms with Crippen LogP contribution in [-0.4, -0.2) is 325 Å². The van der Waals surface area contributed by atoms with E-state index >= 15 is 0 Å². The summed E-state index contributed by atoms with van der Waals surface area (Å²) in [5.41, 5.74) is 8.98. The number of carboxylic acids is 1. The summed E-state index contributed by atoms with van der Waals surface area (Å²) in [5.74, 6) is 1.55. The van der Waals surface area contributed by atoms with Crippen LogP contribution in [0, 0.1) is 0 Å². The fourth-order valence-electron chi connectivity index (χ4n) is 11.9. The minimum atomic E-state index is -1.00. The fraction of sp³-hybridized carbons (Fsp3) is 0.556. The van der Waals surface area contributed by atoms with Crippen molar-refractivity contribution in [2.75, 3.05) is 291 Å². The number of carbonyl (C=O) groups is 4. The number of amides is 2. The molecule has 2 amide bonds. The summed E-state index contributed by atoms with van der Waals surface area (Å²) in [6, 6.07) is 47.7. The SMILES string of the molecule is CC(C)(C)OC(=O)COCCOCCOCCOCCOCCOc1ccc(OCCOCCOCCOCCOCCNC(=O)OCC2c3ccccc3-c3ccccc32)cc1.O=C(O)COCCOCCOCCOCCOCCOc1ccc(OCCOCCOCCOCCOCCNC(=O)OCC2c3ccccc3-c3ccccc32)cc1. The highest BCUT2D eigenvalue weighted by Gasteiger charge is 2.31. The zero-order chi connectivity index (χ0) is 86.1. The Bertz CT molecular complexity index is 3610. The Balaban J connectivity index is 0.000000336. The van der Waals surface area contributed by atoms with E-state index in [0.29, 0.717) is 258 Å². The summed E-state index contributed by atoms with van der Waals surface area (Å²) >= 11 is 0. The Hall–Kier alpha value is -8.72. The minimum Gasteiger partial charge on any atom is -0.491 e. The first-order valence-corrected chi connectivity index (χ1v) is 41.6. The molecule has 6 aromatic rings. The second-order valence-electron chi connectivity index (χ2n) is 27.7. The van der Waals surface area contributed by atoms with E-state index in [2.05, 4.69) is 59.2 Å². The summed E-state index contributed by atoms with van der Waals surface area (Å²) in [6.07, 6.45) is -0.919. The van der Waals surface area contributed by atoms with E-state index in [0.717, 1.165) is 23.0 Å². The molecule has 0 unspecified atom stereocenters. The van der Waals surface area contributed by atoms with Crippen molar-refractivity contribution in [3.63, 3.8) is 0 Å². The zero-order valence-corrected chi connectivity index (χ0v) is 70.9. The van der Waals surface area contributed by atoms with Gasteiger partial charge in [0.1, 0.15) is 81.5 Å². The largest absolute Gasteiger partial charge is 0.491 e. The van der Waals surface area contributed by atoms with E-state index in [1.54, 1.807) is 0 Å². The molecule has 32 nitrogen and oxygen atoms in total. The molecule has 0 heterocycles. The molecule has 676 valence electrons. The second-order valence-corrected chi connectivity index (χ2v) is 27.7. The molecule has 0 spiro atoms. The van der Waals surface area contributed by atoms with Gasteiger partial charge in [-0.05, 0) is 114 Å². The molecular formula is C90H126N2O30. The average Bonchev–Trinajstić information content (AvgIpc) is 1.62. The third-order valence-electron chi connectivity index (χ3n) is 17.4. The van der Waals surface area contributed by atoms with Crippen LogP contribution in [0.1, 0.15) is 54.9 Å². The molecule has 0 atom stereocenters. The molecule has 2 aliphatic carbocycles. The van der Waals surface area contributed by atoms with E-state index in [1.807, 2.05) is 118 Å². The molecule has 0 saturated heterocycles. The highest BCUT2D eigenvalue weighted by molar-refractivity contribution is 5.80. The normalized spacial score (nSPS) is 12.1. The third-order valence-corrected chi connectivity index (χ3v) is 17.4. The molecule has 0 aliphatic heterocycles. The predicted octanol–water partition coefficient (Wildman–Crippen LogP) is 9.69. The molecule has 2 aliphatic rings. The van der Waals surface area contributed by atoms with Gasteiger partial charge in [-0.1, -0.05) is 97.1 Å². The Morgan fingerprint density at radius 2 is 0.475 bits per heavy atom. The van der Waals surface area contributed by atoms with Crippen molar-refractivity contribution >= 4 is 24.1 Å². The molecule has 0 bridgehead atoms. The van der Waals surface area contributed by atoms with Crippen LogP contribution in [-0.2, 0) is 109 Å². The van der Waals surface area contributed by atoms with Crippen LogP contribution in [0.15, 0.2) is 146 Å². The molecule has 0 fully saturated rings. The van der Waals surface area contributed by atoms with Gasteiger partial charge in [-0.15, -0.1) is 0 Å². The van der Waals surface area contributed by atoms with Crippen LogP contribution in [0.2, 0.25) is 0 Å². The van der Waals surface area contributed by atoms with Crippen LogP contribution >= 0.6 is 0 Å². The number of nitrogens with one attached hydrogen (secondary N) is 2. The summed E-state index contributed by atoms with van der Waals surface area (Å²) in [6.45, 7) is 22.2. The number of esters is 1. The highest BCUT2D eigenvalue weighted by atomic mass is 16.6. The predicted molar refractivity (Wildman–Crippen MR) is 449 cm³/mol. The maximum Gasteiger partial charge on any atom is 0.407 e. The number of carbonyl (C=O) groups excluding carboxylic acids is 3. The molecule has 122 heavy (non-hydrogen) atoms. The van der Waals surface area contributed by atoms with Crippen molar-refractivity contribution in [1.29, 1.82) is 0 Å². The number of carboxylic acid groups (broad SMARTS) is 1. The highest BCUT2D eigenvalue weighted by Crippen LogP contribution is 2.46. The van der Waals surface area contributed by atoms with E-state index in [1.165, 1.54) is 44.5 Å². The van der Waals surface area contributed by atoms with Gasteiger partial charge < -0.3 is 134 Å². The van der Waals surface area contributed by atoms with Gasteiger partial charge in [-0.25, -0.2) is 19.2 Å². The third kappa shape index (κ3) is 45.6. The lowest BCUT2D eigenvalue weighted by molar-refractivity contribution is -0.160. The standard InChI is InChI=1S/C47H67NO15.C43H59NO15/c1-47(2,3)63-45(49)37-59-31-30-56-25-24-53-22-23-55-27-29-58-33-35-61-39-14-12-38(13-15-39)60-34-32-57-28-26-54-21-20-52-19-18-51-17-16-48-46(50)62-36-44-42-10-6-4-8-40(42)41-9-5-7-11-43(41)44;45-42(46)34-56-28-27-53-22-21-50-19-20-52-24-26-55-30-32-58-36-11-9-35(10-12-36)57-31-29-54-25-23-51-18-17-49-16-15-48-14-13-44-43(47)59-33-41-39-7-3-1-5-37(39)38-6-2-4-8-40(38)41/h4-15,44H,16-37H2,1-3H3,(H,48,50);1-12,41H,13-34H2,(H,44,47)(H,45,46).